The van der Waals surface area contributed by atoms with Gasteiger partial charge in [0.15, 0.2) is 0 Å². The number of hydrogen-bond donors (Lipinski definition) is 1. The van der Waals surface area contributed by atoms with Gasteiger partial charge >= 0.3 is 12.1 Å². The standard InChI is InChI=1S/C16H22N2O3S.C2HF3O2/c19-16(18-5-2-6-21-18)12-9-15-14(4-7-20-15)17(10-12)11-13-3-1-8-22-13;3-2(4,5)1(6)7/h1,3,8,12,14-15H,2,4-7,9-11H2;(H,6,7)/t12-,14+,15+;/m0./s1. The largest absolute Gasteiger partial charge is 0.490 e. The van der Waals surface area contributed by atoms with Crippen LogP contribution in [0.1, 0.15) is 24.1 Å². The van der Waals surface area contributed by atoms with Gasteiger partial charge in [-0.3, -0.25) is 14.5 Å². The third-order valence-electron chi connectivity index (χ3n) is 5.14. The molecule has 162 valence electrons. The van der Waals surface area contributed by atoms with Gasteiger partial charge in [-0.25, -0.2) is 9.86 Å². The first-order valence-electron chi connectivity index (χ1n) is 9.38. The SMILES string of the molecule is O=C(O)C(F)(F)F.O=C([C@H]1C[C@H]2OCC[C@H]2N(Cc2cccs2)C1)N1CCCO1. The second-order valence-corrected chi connectivity index (χ2v) is 8.17. The van der Waals surface area contributed by atoms with Crippen molar-refractivity contribution in [2.24, 2.45) is 5.92 Å². The summed E-state index contributed by atoms with van der Waals surface area (Å²) in [6.45, 7) is 3.96. The molecule has 1 aromatic rings. The van der Waals surface area contributed by atoms with E-state index in [1.54, 1.807) is 16.4 Å². The summed E-state index contributed by atoms with van der Waals surface area (Å²) in [6, 6.07) is 4.73. The van der Waals surface area contributed by atoms with Crippen LogP contribution in [0, 0.1) is 5.92 Å². The number of carbonyl (C=O) groups excluding carboxylic acids is 1. The summed E-state index contributed by atoms with van der Waals surface area (Å²) in [5.74, 6) is -2.62. The molecule has 1 amide bonds. The van der Waals surface area contributed by atoms with Gasteiger partial charge in [0.25, 0.3) is 5.91 Å². The molecule has 1 aromatic heterocycles. The summed E-state index contributed by atoms with van der Waals surface area (Å²) in [4.78, 5) is 30.8. The van der Waals surface area contributed by atoms with Crippen LogP contribution in [0.2, 0.25) is 0 Å². The highest BCUT2D eigenvalue weighted by Crippen LogP contribution is 2.34. The first kappa shape index (κ1) is 22.0. The van der Waals surface area contributed by atoms with Crippen molar-refractivity contribution in [1.29, 1.82) is 0 Å². The number of thiophene rings is 1. The van der Waals surface area contributed by atoms with Crippen molar-refractivity contribution in [1.82, 2.24) is 9.96 Å². The summed E-state index contributed by atoms with van der Waals surface area (Å²) in [7, 11) is 0. The van der Waals surface area contributed by atoms with Gasteiger partial charge in [-0.1, -0.05) is 6.07 Å². The number of aliphatic carboxylic acids is 1. The molecule has 3 fully saturated rings. The zero-order valence-corrected chi connectivity index (χ0v) is 16.5. The maximum absolute atomic E-state index is 12.7. The summed E-state index contributed by atoms with van der Waals surface area (Å²) in [5.41, 5.74) is 0. The van der Waals surface area contributed by atoms with Crippen molar-refractivity contribution in [2.75, 3.05) is 26.3 Å². The zero-order valence-electron chi connectivity index (χ0n) is 15.6. The number of carboxylic acid groups (broad SMARTS) is 1. The van der Waals surface area contributed by atoms with Crippen LogP contribution in [0.5, 0.6) is 0 Å². The van der Waals surface area contributed by atoms with Gasteiger partial charge in [-0.05, 0) is 30.7 Å². The monoisotopic (exact) mass is 436 g/mol. The highest BCUT2D eigenvalue weighted by molar-refractivity contribution is 7.09. The summed E-state index contributed by atoms with van der Waals surface area (Å²) < 4.78 is 37.6. The zero-order chi connectivity index (χ0) is 21.0. The minimum Gasteiger partial charge on any atom is -0.475 e. The first-order chi connectivity index (χ1) is 13.8. The molecule has 0 aromatic carbocycles. The number of rotatable bonds is 3. The molecule has 4 heterocycles. The number of piperidine rings is 1. The topological polar surface area (TPSA) is 79.3 Å². The Hall–Kier alpha value is -1.69. The molecule has 7 nitrogen and oxygen atoms in total. The summed E-state index contributed by atoms with van der Waals surface area (Å²) >= 11 is 1.78. The molecule has 4 rings (SSSR count). The van der Waals surface area contributed by atoms with Crippen LogP contribution in [-0.2, 0) is 25.7 Å². The van der Waals surface area contributed by atoms with E-state index in [4.69, 9.17) is 19.5 Å². The van der Waals surface area contributed by atoms with Crippen molar-refractivity contribution < 1.29 is 37.4 Å². The van der Waals surface area contributed by atoms with Gasteiger partial charge in [-0.2, -0.15) is 13.2 Å². The molecule has 3 saturated heterocycles. The van der Waals surface area contributed by atoms with E-state index in [0.29, 0.717) is 12.6 Å². The van der Waals surface area contributed by atoms with Crippen molar-refractivity contribution in [3.05, 3.63) is 22.4 Å². The number of fused-ring (bicyclic) bond motifs is 1. The van der Waals surface area contributed by atoms with E-state index < -0.39 is 12.1 Å². The van der Waals surface area contributed by atoms with Crippen molar-refractivity contribution in [2.45, 2.75) is 44.1 Å². The van der Waals surface area contributed by atoms with Crippen molar-refractivity contribution in [3.63, 3.8) is 0 Å². The van der Waals surface area contributed by atoms with E-state index in [2.05, 4.69) is 22.4 Å². The van der Waals surface area contributed by atoms with Crippen LogP contribution >= 0.6 is 11.3 Å². The number of carboxylic acids is 1. The molecule has 3 aliphatic heterocycles. The Morgan fingerprint density at radius 2 is 2.07 bits per heavy atom. The fourth-order valence-electron chi connectivity index (χ4n) is 3.84. The van der Waals surface area contributed by atoms with Gasteiger partial charge in [0.05, 0.1) is 25.2 Å². The first-order valence-corrected chi connectivity index (χ1v) is 10.3. The third-order valence-corrected chi connectivity index (χ3v) is 6.01. The van der Waals surface area contributed by atoms with E-state index in [-0.39, 0.29) is 17.9 Å². The fourth-order valence-corrected chi connectivity index (χ4v) is 4.57. The Kier molecular flexibility index (Phi) is 7.14. The molecule has 0 bridgehead atoms. The highest BCUT2D eigenvalue weighted by atomic mass is 32.1. The van der Waals surface area contributed by atoms with Crippen LogP contribution in [0.4, 0.5) is 13.2 Å². The predicted octanol–water partition coefficient (Wildman–Crippen LogP) is 2.52. The molecule has 1 N–H and O–H groups in total. The van der Waals surface area contributed by atoms with Gasteiger partial charge in [0.2, 0.25) is 0 Å². The lowest BCUT2D eigenvalue weighted by Crippen LogP contribution is -2.52. The predicted molar refractivity (Wildman–Crippen MR) is 97.0 cm³/mol. The van der Waals surface area contributed by atoms with Gasteiger partial charge in [0, 0.05) is 30.6 Å². The number of hydrogen-bond acceptors (Lipinski definition) is 6. The van der Waals surface area contributed by atoms with Crippen molar-refractivity contribution >= 4 is 23.2 Å². The van der Waals surface area contributed by atoms with Crippen LogP contribution in [0.15, 0.2) is 17.5 Å². The average Bonchev–Trinajstić information content (AvgIpc) is 3.42. The maximum atomic E-state index is 12.7. The van der Waals surface area contributed by atoms with E-state index in [1.807, 2.05) is 0 Å². The molecule has 0 spiro atoms. The van der Waals surface area contributed by atoms with Gasteiger partial charge in [0.1, 0.15) is 0 Å². The summed E-state index contributed by atoms with van der Waals surface area (Å²) in [5, 5.41) is 10.8. The number of nitrogens with zero attached hydrogens (tertiary/aromatic N) is 2. The molecule has 3 aliphatic rings. The Bertz CT molecular complexity index is 694. The van der Waals surface area contributed by atoms with Crippen LogP contribution < -0.4 is 0 Å². The Morgan fingerprint density at radius 3 is 2.66 bits per heavy atom. The van der Waals surface area contributed by atoms with Gasteiger partial charge in [-0.15, -0.1) is 11.3 Å². The molecule has 3 atom stereocenters. The van der Waals surface area contributed by atoms with Crippen molar-refractivity contribution in [3.8, 4) is 0 Å². The molecule has 0 saturated carbocycles. The molecule has 29 heavy (non-hydrogen) atoms. The molecular formula is C18H23F3N2O5S. The smallest absolute Gasteiger partial charge is 0.475 e. The number of carbonyl (C=O) groups is 2. The second-order valence-electron chi connectivity index (χ2n) is 7.14. The van der Waals surface area contributed by atoms with E-state index in [1.165, 1.54) is 4.88 Å². The van der Waals surface area contributed by atoms with Crippen LogP contribution in [0.25, 0.3) is 0 Å². The molecule has 0 unspecified atom stereocenters. The molecule has 0 radical (unpaired) electrons. The number of likely N-dealkylation sites (tertiary alicyclic amines) is 1. The number of hydroxylamine groups is 2. The van der Waals surface area contributed by atoms with Crippen LogP contribution in [0.3, 0.4) is 0 Å². The molecule has 11 heteroatoms. The van der Waals surface area contributed by atoms with E-state index in [0.717, 1.165) is 45.5 Å². The average molecular weight is 436 g/mol. The number of amides is 1. The van der Waals surface area contributed by atoms with Gasteiger partial charge < -0.3 is 9.84 Å². The molecule has 0 aliphatic carbocycles. The lowest BCUT2D eigenvalue weighted by atomic mass is 9.89. The number of alkyl halides is 3. The number of halogens is 3. The maximum Gasteiger partial charge on any atom is 0.490 e. The Labute approximate surface area is 169 Å². The third kappa shape index (κ3) is 5.68. The second kappa shape index (κ2) is 9.41. The lowest BCUT2D eigenvalue weighted by molar-refractivity contribution is -0.192. The Balaban J connectivity index is 0.000000298. The quantitative estimate of drug-likeness (QED) is 0.785. The van der Waals surface area contributed by atoms with E-state index in [9.17, 15) is 18.0 Å². The Morgan fingerprint density at radius 1 is 1.31 bits per heavy atom. The summed E-state index contributed by atoms with van der Waals surface area (Å²) in [6.07, 6.45) is -2.02. The molecular weight excluding hydrogens is 413 g/mol. The normalized spacial score (nSPS) is 27.3. The highest BCUT2D eigenvalue weighted by Gasteiger charge is 2.43. The lowest BCUT2D eigenvalue weighted by Gasteiger charge is -2.40. The van der Waals surface area contributed by atoms with Crippen LogP contribution in [-0.4, -0.2) is 71.6 Å². The minimum atomic E-state index is -5.08. The minimum absolute atomic E-state index is 0.00240. The fraction of sp³-hybridized carbons (Fsp3) is 0.667. The van der Waals surface area contributed by atoms with E-state index >= 15 is 0 Å². The number of ether oxygens (including phenoxy) is 1.